The second kappa shape index (κ2) is 9.94. The molecule has 2 fully saturated rings. The third-order valence-electron chi connectivity index (χ3n) is 9.95. The number of hydrogen-bond acceptors (Lipinski definition) is 4. The maximum Gasteiger partial charge on any atom is 0.494 e. The van der Waals surface area contributed by atoms with Gasteiger partial charge in [-0.05, 0) is 90.8 Å². The zero-order valence-electron chi connectivity index (χ0n) is 25.8. The van der Waals surface area contributed by atoms with E-state index in [4.69, 9.17) is 18.6 Å². The van der Waals surface area contributed by atoms with E-state index in [1.165, 1.54) is 41.1 Å². The number of nitrogens with zero attached hydrogens (tertiary/aromatic N) is 1. The molecule has 0 N–H and O–H groups in total. The summed E-state index contributed by atoms with van der Waals surface area (Å²) in [5.74, 6) is 0.616. The smallest absolute Gasteiger partial charge is 0.399 e. The highest BCUT2D eigenvalue weighted by molar-refractivity contribution is 6.63. The average molecular weight is 531 g/mol. The molecule has 2 aromatic carbocycles. The van der Waals surface area contributed by atoms with Gasteiger partial charge in [0.15, 0.2) is 0 Å². The van der Waals surface area contributed by atoms with Gasteiger partial charge in [-0.2, -0.15) is 0 Å². The van der Waals surface area contributed by atoms with Crippen molar-refractivity contribution in [2.45, 2.75) is 124 Å². The molecule has 39 heavy (non-hydrogen) atoms. The summed E-state index contributed by atoms with van der Waals surface area (Å²) in [7, 11) is -0.763. The summed E-state index contributed by atoms with van der Waals surface area (Å²) >= 11 is 0. The molecular weight excluding hydrogens is 484 g/mol. The van der Waals surface area contributed by atoms with E-state index in [-0.39, 0.29) is 36.6 Å². The van der Waals surface area contributed by atoms with Crippen molar-refractivity contribution in [2.75, 3.05) is 0 Å². The van der Waals surface area contributed by atoms with Crippen LogP contribution in [0.4, 0.5) is 0 Å². The first-order valence-electron chi connectivity index (χ1n) is 15.0. The van der Waals surface area contributed by atoms with Crippen molar-refractivity contribution in [3.8, 4) is 0 Å². The van der Waals surface area contributed by atoms with Gasteiger partial charge in [0.25, 0.3) is 0 Å². The van der Waals surface area contributed by atoms with Gasteiger partial charge in [-0.15, -0.1) is 0 Å². The molecule has 0 bridgehead atoms. The molecule has 5 nitrogen and oxygen atoms in total. The van der Waals surface area contributed by atoms with Crippen molar-refractivity contribution in [3.63, 3.8) is 0 Å². The summed E-state index contributed by atoms with van der Waals surface area (Å²) in [5, 5.41) is 2.52. The zero-order chi connectivity index (χ0) is 28.4. The van der Waals surface area contributed by atoms with Crippen LogP contribution >= 0.6 is 0 Å². The van der Waals surface area contributed by atoms with Crippen LogP contribution in [0, 0.1) is 5.92 Å². The van der Waals surface area contributed by atoms with Crippen LogP contribution in [-0.2, 0) is 25.2 Å². The van der Waals surface area contributed by atoms with Crippen LogP contribution in [0.3, 0.4) is 0 Å². The van der Waals surface area contributed by atoms with Gasteiger partial charge in [0, 0.05) is 28.4 Å². The molecule has 0 amide bonds. The highest BCUT2D eigenvalue weighted by Gasteiger charge is 2.53. The molecule has 0 saturated carbocycles. The molecule has 3 heterocycles. The topological polar surface area (TPSA) is 41.9 Å². The van der Waals surface area contributed by atoms with Gasteiger partial charge in [-0.3, -0.25) is 0 Å². The minimum absolute atomic E-state index is 0.371. The zero-order valence-corrected chi connectivity index (χ0v) is 25.8. The monoisotopic (exact) mass is 531 g/mol. The number of rotatable bonds is 8. The summed E-state index contributed by atoms with van der Waals surface area (Å²) < 4.78 is 28.2. The summed E-state index contributed by atoms with van der Waals surface area (Å²) in [4.78, 5) is 0. The molecule has 1 unspecified atom stereocenters. The van der Waals surface area contributed by atoms with Crippen molar-refractivity contribution >= 4 is 47.0 Å². The van der Waals surface area contributed by atoms with E-state index in [0.29, 0.717) is 5.92 Å². The molecule has 0 spiro atoms. The number of fused-ring (bicyclic) bond motifs is 3. The molecule has 0 aliphatic carbocycles. The highest BCUT2D eigenvalue weighted by atomic mass is 16.7. The van der Waals surface area contributed by atoms with Crippen LogP contribution in [0.1, 0.15) is 94.9 Å². The van der Waals surface area contributed by atoms with Crippen molar-refractivity contribution in [1.82, 2.24) is 4.57 Å². The Labute approximate surface area is 236 Å². The van der Waals surface area contributed by atoms with E-state index in [2.05, 4.69) is 110 Å². The van der Waals surface area contributed by atoms with E-state index in [1.54, 1.807) is 0 Å². The Kier molecular flexibility index (Phi) is 7.32. The fourth-order valence-electron chi connectivity index (χ4n) is 5.75. The fraction of sp³-hybridized carbons (Fsp3) is 0.625. The highest BCUT2D eigenvalue weighted by Crippen LogP contribution is 2.39. The molecule has 3 aromatic rings. The number of benzene rings is 2. The molecule has 0 radical (unpaired) electrons. The molecule has 2 aliphatic heterocycles. The van der Waals surface area contributed by atoms with Crippen molar-refractivity contribution in [1.29, 1.82) is 0 Å². The maximum absolute atomic E-state index is 6.43. The summed E-state index contributed by atoms with van der Waals surface area (Å²) in [5.41, 5.74) is 3.12. The SMILES string of the molecule is CCCCC(CC)Cn1c2cc(B3OC(C)(C)C(C)(C)O3)ccc2c2ccc(B3OC(C)(C)C(C)(C)O3)cc21. The molecule has 1 atom stereocenters. The second-order valence-corrected chi connectivity index (χ2v) is 13.8. The van der Waals surface area contributed by atoms with Crippen LogP contribution < -0.4 is 10.9 Å². The van der Waals surface area contributed by atoms with Crippen LogP contribution in [0.15, 0.2) is 36.4 Å². The fourth-order valence-corrected chi connectivity index (χ4v) is 5.75. The molecule has 7 heteroatoms. The largest absolute Gasteiger partial charge is 0.494 e. The predicted molar refractivity (Wildman–Crippen MR) is 164 cm³/mol. The lowest BCUT2D eigenvalue weighted by Gasteiger charge is -2.32. The van der Waals surface area contributed by atoms with Gasteiger partial charge in [-0.1, -0.05) is 57.4 Å². The van der Waals surface area contributed by atoms with Gasteiger partial charge >= 0.3 is 14.2 Å². The first-order valence-corrected chi connectivity index (χ1v) is 15.0. The van der Waals surface area contributed by atoms with Gasteiger partial charge in [0.1, 0.15) is 0 Å². The lowest BCUT2D eigenvalue weighted by molar-refractivity contribution is 0.00578. The third kappa shape index (κ3) is 4.98. The summed E-state index contributed by atoms with van der Waals surface area (Å²) in [6.07, 6.45) is 4.88. The maximum atomic E-state index is 6.43. The molecule has 2 aliphatic rings. The Morgan fingerprint density at radius 1 is 0.667 bits per heavy atom. The van der Waals surface area contributed by atoms with E-state index >= 15 is 0 Å². The lowest BCUT2D eigenvalue weighted by atomic mass is 9.78. The Morgan fingerprint density at radius 3 is 1.44 bits per heavy atom. The van der Waals surface area contributed by atoms with Crippen LogP contribution in [0.5, 0.6) is 0 Å². The Balaban J connectivity index is 1.61. The summed E-state index contributed by atoms with van der Waals surface area (Å²) in [6.45, 7) is 22.5. The Bertz CT molecular complexity index is 1230. The molecule has 1 aromatic heterocycles. The van der Waals surface area contributed by atoms with Gasteiger partial charge in [-0.25, -0.2) is 0 Å². The lowest BCUT2D eigenvalue weighted by Crippen LogP contribution is -2.41. The van der Waals surface area contributed by atoms with Gasteiger partial charge in [0.05, 0.1) is 22.4 Å². The third-order valence-corrected chi connectivity index (χ3v) is 9.95. The van der Waals surface area contributed by atoms with E-state index in [9.17, 15) is 0 Å². The van der Waals surface area contributed by atoms with Crippen LogP contribution in [0.2, 0.25) is 0 Å². The quantitative estimate of drug-likeness (QED) is 0.307. The van der Waals surface area contributed by atoms with Crippen LogP contribution in [0.25, 0.3) is 21.8 Å². The van der Waals surface area contributed by atoms with Gasteiger partial charge < -0.3 is 23.2 Å². The minimum Gasteiger partial charge on any atom is -0.399 e. The van der Waals surface area contributed by atoms with E-state index in [1.807, 2.05) is 0 Å². The Hall–Kier alpha value is -1.79. The Morgan fingerprint density at radius 2 is 1.08 bits per heavy atom. The molecule has 5 rings (SSSR count). The molecular formula is C32H47B2NO4. The van der Waals surface area contributed by atoms with Crippen molar-refractivity contribution in [2.24, 2.45) is 5.92 Å². The van der Waals surface area contributed by atoms with Crippen molar-refractivity contribution in [3.05, 3.63) is 36.4 Å². The van der Waals surface area contributed by atoms with E-state index in [0.717, 1.165) is 23.9 Å². The summed E-state index contributed by atoms with van der Waals surface area (Å²) in [6, 6.07) is 13.4. The van der Waals surface area contributed by atoms with Crippen LogP contribution in [-0.4, -0.2) is 41.2 Å². The molecule has 210 valence electrons. The molecule has 2 saturated heterocycles. The number of hydrogen-bond donors (Lipinski definition) is 0. The first-order chi connectivity index (χ1) is 18.2. The van der Waals surface area contributed by atoms with E-state index < -0.39 is 0 Å². The van der Waals surface area contributed by atoms with Gasteiger partial charge in [0.2, 0.25) is 0 Å². The number of unbranched alkanes of at least 4 members (excludes halogenated alkanes) is 1. The standard InChI is InChI=1S/C32H47B2NO4/c1-11-13-14-22(12-2)21-35-27-19-23(33-36-29(3,4)30(5,6)37-33)15-17-25(27)26-18-16-24(20-28(26)35)34-38-31(7,8)32(9,10)39-34/h15-20,22H,11-14,21H2,1-10H3. The number of aromatic nitrogens is 1. The average Bonchev–Trinajstić information content (AvgIpc) is 3.37. The second-order valence-electron chi connectivity index (χ2n) is 13.8. The normalized spacial score (nSPS) is 22.3. The minimum atomic E-state index is -0.381. The predicted octanol–water partition coefficient (Wildman–Crippen LogP) is 6.61. The van der Waals surface area contributed by atoms with Crippen molar-refractivity contribution < 1.29 is 18.6 Å². The first kappa shape index (κ1) is 28.7.